The number of nitrogens with zero attached hydrogens (tertiary/aromatic N) is 4. The quantitative estimate of drug-likeness (QED) is 0.569. The first-order valence-electron chi connectivity index (χ1n) is 8.53. The lowest BCUT2D eigenvalue weighted by atomic mass is 10.2. The first-order valence-corrected chi connectivity index (χ1v) is 8.53. The standard InChI is InChI=1S/C19H19N5O2/c1-4-15-21-12(2)17-19(25)23(11-13-7-9-20-10-8-13)14-5-6-16(26-3)22-18(14)24(15)17/h5-10H,4,11H2,1-3H3/p+1. The summed E-state index contributed by atoms with van der Waals surface area (Å²) in [5.41, 5.74) is 3.88. The monoisotopic (exact) mass is 350 g/mol. The highest BCUT2D eigenvalue weighted by Crippen LogP contribution is 2.16. The Bertz CT molecular complexity index is 1160. The first-order chi connectivity index (χ1) is 12.6. The third kappa shape index (κ3) is 2.44. The molecule has 1 N–H and O–H groups in total. The van der Waals surface area contributed by atoms with Gasteiger partial charge >= 0.3 is 0 Å². The molecule has 26 heavy (non-hydrogen) atoms. The van der Waals surface area contributed by atoms with Crippen molar-refractivity contribution in [2.45, 2.75) is 26.8 Å². The zero-order valence-electron chi connectivity index (χ0n) is 15.0. The lowest BCUT2D eigenvalue weighted by Gasteiger charge is -2.10. The molecule has 0 amide bonds. The van der Waals surface area contributed by atoms with Crippen LogP contribution in [0.3, 0.4) is 0 Å². The number of methoxy groups -OCH3 is 1. The van der Waals surface area contributed by atoms with E-state index in [0.717, 1.165) is 29.0 Å². The molecule has 0 spiro atoms. The number of H-pyrrole nitrogens is 1. The van der Waals surface area contributed by atoms with Gasteiger partial charge in [0.25, 0.3) is 17.1 Å². The van der Waals surface area contributed by atoms with Crippen LogP contribution < -0.4 is 14.7 Å². The first kappa shape index (κ1) is 16.3. The minimum absolute atomic E-state index is 0.0465. The number of aromatic nitrogens is 5. The second kappa shape index (κ2) is 6.25. The van der Waals surface area contributed by atoms with E-state index in [1.165, 1.54) is 0 Å². The van der Waals surface area contributed by atoms with Crippen molar-refractivity contribution < 1.29 is 9.14 Å². The van der Waals surface area contributed by atoms with Gasteiger partial charge in [0, 0.05) is 24.9 Å². The van der Waals surface area contributed by atoms with Crippen molar-refractivity contribution in [2.75, 3.05) is 7.11 Å². The van der Waals surface area contributed by atoms with E-state index in [0.29, 0.717) is 23.6 Å². The van der Waals surface area contributed by atoms with Gasteiger partial charge in [0.05, 0.1) is 13.7 Å². The van der Waals surface area contributed by atoms with Gasteiger partial charge in [-0.15, -0.1) is 0 Å². The summed E-state index contributed by atoms with van der Waals surface area (Å²) in [4.78, 5) is 25.3. The maximum Gasteiger partial charge on any atom is 0.296 e. The molecular formula is C19H20N5O2+. The Morgan fingerprint density at radius 3 is 2.69 bits per heavy atom. The normalized spacial score (nSPS) is 11.3. The molecule has 0 atom stereocenters. The second-order valence-electron chi connectivity index (χ2n) is 6.18. The number of hydrogen-bond donors (Lipinski definition) is 1. The number of aromatic amines is 1. The molecule has 4 aromatic rings. The summed E-state index contributed by atoms with van der Waals surface area (Å²) in [7, 11) is 1.59. The third-order valence-electron chi connectivity index (χ3n) is 4.59. The molecule has 0 unspecified atom stereocenters. The van der Waals surface area contributed by atoms with E-state index in [2.05, 4.69) is 15.0 Å². The SMILES string of the molecule is CCc1[nH]c(C)c2c(=O)n(Cc3ccncc3)c3ccc(OC)nc3[n+]12. The summed E-state index contributed by atoms with van der Waals surface area (Å²) in [6.45, 7) is 4.42. The van der Waals surface area contributed by atoms with Crippen LogP contribution in [0.25, 0.3) is 16.7 Å². The zero-order chi connectivity index (χ0) is 18.3. The molecule has 0 aliphatic heterocycles. The van der Waals surface area contributed by atoms with E-state index in [-0.39, 0.29) is 5.56 Å². The van der Waals surface area contributed by atoms with Gasteiger partial charge in [-0.1, -0.05) is 11.9 Å². The molecule has 0 fully saturated rings. The molecule has 0 aliphatic carbocycles. The fourth-order valence-corrected chi connectivity index (χ4v) is 3.35. The Balaban J connectivity index is 2.12. The third-order valence-corrected chi connectivity index (χ3v) is 4.59. The van der Waals surface area contributed by atoms with Gasteiger partial charge in [0.15, 0.2) is 0 Å². The smallest absolute Gasteiger partial charge is 0.296 e. The highest BCUT2D eigenvalue weighted by molar-refractivity contribution is 5.70. The van der Waals surface area contributed by atoms with Crippen LogP contribution in [-0.4, -0.2) is 26.6 Å². The van der Waals surface area contributed by atoms with Gasteiger partial charge in [-0.3, -0.25) is 19.3 Å². The summed E-state index contributed by atoms with van der Waals surface area (Å²) in [5.74, 6) is 1.46. The molecule has 0 saturated heterocycles. The number of aryl methyl sites for hydroxylation is 2. The summed E-state index contributed by atoms with van der Waals surface area (Å²) in [5, 5.41) is 0. The van der Waals surface area contributed by atoms with Crippen LogP contribution in [-0.2, 0) is 13.0 Å². The van der Waals surface area contributed by atoms with Gasteiger partial charge < -0.3 is 4.74 Å². The van der Waals surface area contributed by atoms with E-state index in [1.54, 1.807) is 30.1 Å². The largest absolute Gasteiger partial charge is 0.469 e. The second-order valence-corrected chi connectivity index (χ2v) is 6.18. The van der Waals surface area contributed by atoms with Crippen LogP contribution in [0.5, 0.6) is 5.88 Å². The van der Waals surface area contributed by atoms with Crippen molar-refractivity contribution in [1.82, 2.24) is 19.5 Å². The van der Waals surface area contributed by atoms with Crippen molar-refractivity contribution >= 4 is 16.7 Å². The summed E-state index contributed by atoms with van der Waals surface area (Å²) in [6.07, 6.45) is 4.22. The van der Waals surface area contributed by atoms with Crippen molar-refractivity contribution in [3.63, 3.8) is 0 Å². The van der Waals surface area contributed by atoms with Crippen LogP contribution in [0.2, 0.25) is 0 Å². The van der Waals surface area contributed by atoms with Crippen molar-refractivity contribution in [1.29, 1.82) is 0 Å². The summed E-state index contributed by atoms with van der Waals surface area (Å²) in [6, 6.07) is 7.49. The minimum Gasteiger partial charge on any atom is -0.469 e. The molecule has 0 saturated carbocycles. The van der Waals surface area contributed by atoms with Gasteiger partial charge in [0.2, 0.25) is 11.3 Å². The molecule has 4 aromatic heterocycles. The molecule has 7 nitrogen and oxygen atoms in total. The van der Waals surface area contributed by atoms with E-state index in [1.807, 2.05) is 36.4 Å². The molecule has 7 heteroatoms. The van der Waals surface area contributed by atoms with Gasteiger partial charge in [-0.2, -0.15) is 4.40 Å². The van der Waals surface area contributed by atoms with Crippen molar-refractivity contribution in [2.24, 2.45) is 0 Å². The number of ether oxygens (including phenoxy) is 1. The van der Waals surface area contributed by atoms with E-state index < -0.39 is 0 Å². The molecule has 132 valence electrons. The van der Waals surface area contributed by atoms with Crippen LogP contribution in [0.1, 0.15) is 24.0 Å². The van der Waals surface area contributed by atoms with Crippen molar-refractivity contribution in [3.05, 3.63) is 64.1 Å². The Morgan fingerprint density at radius 1 is 1.23 bits per heavy atom. The number of hydrogen-bond acceptors (Lipinski definition) is 4. The molecule has 4 rings (SSSR count). The highest BCUT2D eigenvalue weighted by Gasteiger charge is 2.24. The van der Waals surface area contributed by atoms with E-state index >= 15 is 0 Å². The predicted octanol–water partition coefficient (Wildman–Crippen LogP) is 1.79. The molecule has 4 heterocycles. The molecule has 0 aliphatic rings. The van der Waals surface area contributed by atoms with E-state index in [9.17, 15) is 4.79 Å². The Hall–Kier alpha value is -3.22. The topological polar surface area (TPSA) is 76.9 Å². The molecular weight excluding hydrogens is 330 g/mol. The fraction of sp³-hybridized carbons (Fsp3) is 0.263. The molecule has 0 radical (unpaired) electrons. The fourth-order valence-electron chi connectivity index (χ4n) is 3.35. The lowest BCUT2D eigenvalue weighted by Crippen LogP contribution is -2.37. The lowest BCUT2D eigenvalue weighted by molar-refractivity contribution is -0.495. The Kier molecular flexibility index (Phi) is 3.91. The average molecular weight is 350 g/mol. The van der Waals surface area contributed by atoms with Crippen LogP contribution >= 0.6 is 0 Å². The number of rotatable bonds is 4. The van der Waals surface area contributed by atoms with E-state index in [4.69, 9.17) is 4.74 Å². The minimum atomic E-state index is -0.0465. The van der Waals surface area contributed by atoms with Crippen LogP contribution in [0, 0.1) is 6.92 Å². The summed E-state index contributed by atoms with van der Waals surface area (Å²) >= 11 is 0. The average Bonchev–Trinajstić information content (AvgIpc) is 3.02. The number of fused-ring (bicyclic) bond motifs is 3. The Labute approximate surface area is 149 Å². The maximum absolute atomic E-state index is 13.3. The maximum atomic E-state index is 13.3. The Morgan fingerprint density at radius 2 is 2.00 bits per heavy atom. The van der Waals surface area contributed by atoms with Gasteiger partial charge in [-0.25, -0.2) is 0 Å². The summed E-state index contributed by atoms with van der Waals surface area (Å²) < 4.78 is 8.98. The van der Waals surface area contributed by atoms with Crippen LogP contribution in [0.4, 0.5) is 0 Å². The van der Waals surface area contributed by atoms with Gasteiger partial charge in [0.1, 0.15) is 11.2 Å². The molecule has 0 bridgehead atoms. The predicted molar refractivity (Wildman–Crippen MR) is 97.5 cm³/mol. The van der Waals surface area contributed by atoms with Crippen LogP contribution in [0.15, 0.2) is 41.5 Å². The highest BCUT2D eigenvalue weighted by atomic mass is 16.5. The molecule has 0 aromatic carbocycles. The van der Waals surface area contributed by atoms with Gasteiger partial charge in [-0.05, 0) is 30.7 Å². The number of imidazole rings is 1. The number of pyridine rings is 2. The van der Waals surface area contributed by atoms with Crippen molar-refractivity contribution in [3.8, 4) is 5.88 Å². The zero-order valence-corrected chi connectivity index (χ0v) is 15.0. The number of nitrogens with one attached hydrogen (secondary N) is 1.